The number of nitrogens with zero attached hydrogens (tertiary/aromatic N) is 1. The van der Waals surface area contributed by atoms with Gasteiger partial charge in [-0.05, 0) is 99.1 Å². The third kappa shape index (κ3) is 4.22. The number of benzene rings is 2. The summed E-state index contributed by atoms with van der Waals surface area (Å²) in [6.45, 7) is 2.04. The smallest absolute Gasteiger partial charge is 0.234 e. The lowest BCUT2D eigenvalue weighted by molar-refractivity contribution is -0.140. The van der Waals surface area contributed by atoms with E-state index in [-0.39, 0.29) is 23.0 Å². The van der Waals surface area contributed by atoms with Crippen LogP contribution >= 0.6 is 11.8 Å². The van der Waals surface area contributed by atoms with Crippen molar-refractivity contribution < 1.29 is 9.59 Å². The van der Waals surface area contributed by atoms with Gasteiger partial charge in [-0.2, -0.15) is 0 Å². The molecule has 1 heterocycles. The first-order valence-corrected chi connectivity index (χ1v) is 13.2. The van der Waals surface area contributed by atoms with Crippen LogP contribution in [0.15, 0.2) is 47.6 Å². The van der Waals surface area contributed by atoms with Gasteiger partial charge in [0, 0.05) is 11.4 Å². The maximum absolute atomic E-state index is 13.3. The molecule has 0 spiro atoms. The SMILES string of the molecule is Cc1ccc2nc(SCC(=O)Nc3cccc(NC(=O)C45CC6CC(CC(C6)C4)C5)c3)[nH]c2c1. The molecule has 6 nitrogen and oxygen atoms in total. The van der Waals surface area contributed by atoms with E-state index >= 15 is 0 Å². The third-order valence-electron chi connectivity index (χ3n) is 7.88. The Labute approximate surface area is 203 Å². The van der Waals surface area contributed by atoms with Crippen LogP contribution in [0, 0.1) is 30.1 Å². The Morgan fingerprint density at radius 3 is 2.38 bits per heavy atom. The Morgan fingerprint density at radius 2 is 1.68 bits per heavy atom. The lowest BCUT2D eigenvalue weighted by atomic mass is 9.49. The summed E-state index contributed by atoms with van der Waals surface area (Å²) in [7, 11) is 0. The summed E-state index contributed by atoms with van der Waals surface area (Å²) in [5.74, 6) is 2.52. The second-order valence-corrected chi connectivity index (χ2v) is 11.6. The molecule has 4 aliphatic carbocycles. The maximum atomic E-state index is 13.3. The quantitative estimate of drug-likeness (QED) is 0.397. The van der Waals surface area contributed by atoms with Crippen molar-refractivity contribution in [3.63, 3.8) is 0 Å². The summed E-state index contributed by atoms with van der Waals surface area (Å²) in [5, 5.41) is 6.86. The molecule has 3 N–H and O–H groups in total. The molecule has 7 rings (SSSR count). The fourth-order valence-electron chi connectivity index (χ4n) is 6.83. The van der Waals surface area contributed by atoms with Crippen LogP contribution < -0.4 is 10.6 Å². The number of aryl methyl sites for hydroxylation is 1. The highest BCUT2D eigenvalue weighted by Gasteiger charge is 2.54. The molecule has 2 amide bonds. The van der Waals surface area contributed by atoms with E-state index in [1.807, 2.05) is 43.3 Å². The van der Waals surface area contributed by atoms with Crippen LogP contribution in [0.1, 0.15) is 44.1 Å². The second kappa shape index (κ2) is 8.45. The molecule has 4 bridgehead atoms. The van der Waals surface area contributed by atoms with E-state index in [4.69, 9.17) is 0 Å². The van der Waals surface area contributed by atoms with Gasteiger partial charge in [0.2, 0.25) is 11.8 Å². The molecule has 2 aromatic carbocycles. The number of thioether (sulfide) groups is 1. The molecule has 4 aliphatic rings. The first-order valence-electron chi connectivity index (χ1n) is 12.2. The highest BCUT2D eigenvalue weighted by Crippen LogP contribution is 2.60. The largest absolute Gasteiger partial charge is 0.333 e. The van der Waals surface area contributed by atoms with Gasteiger partial charge in [0.05, 0.1) is 22.2 Å². The number of amides is 2. The number of nitrogens with one attached hydrogen (secondary N) is 3. The zero-order chi connectivity index (χ0) is 23.3. The molecule has 7 heteroatoms. The van der Waals surface area contributed by atoms with Gasteiger partial charge in [-0.25, -0.2) is 4.98 Å². The van der Waals surface area contributed by atoms with Crippen LogP contribution in [0.5, 0.6) is 0 Å². The van der Waals surface area contributed by atoms with Gasteiger partial charge < -0.3 is 15.6 Å². The summed E-state index contributed by atoms with van der Waals surface area (Å²) in [4.78, 5) is 33.7. The van der Waals surface area contributed by atoms with E-state index in [1.54, 1.807) is 0 Å². The summed E-state index contributed by atoms with van der Waals surface area (Å²) in [6, 6.07) is 13.5. The number of aromatic amines is 1. The van der Waals surface area contributed by atoms with Gasteiger partial charge in [-0.15, -0.1) is 0 Å². The molecular formula is C27H30N4O2S. The van der Waals surface area contributed by atoms with Crippen LogP contribution in [0.2, 0.25) is 0 Å². The van der Waals surface area contributed by atoms with Crippen molar-refractivity contribution in [3.05, 3.63) is 48.0 Å². The first-order chi connectivity index (χ1) is 16.4. The van der Waals surface area contributed by atoms with Crippen LogP contribution in [0.4, 0.5) is 11.4 Å². The van der Waals surface area contributed by atoms with Gasteiger partial charge in [0.1, 0.15) is 0 Å². The molecule has 0 radical (unpaired) electrons. The molecule has 4 fully saturated rings. The Hall–Kier alpha value is -2.80. The fourth-order valence-corrected chi connectivity index (χ4v) is 7.51. The lowest BCUT2D eigenvalue weighted by Gasteiger charge is -2.55. The predicted molar refractivity (Wildman–Crippen MR) is 136 cm³/mol. The normalized spacial score (nSPS) is 27.1. The third-order valence-corrected chi connectivity index (χ3v) is 8.75. The molecule has 3 aromatic rings. The monoisotopic (exact) mass is 474 g/mol. The van der Waals surface area contributed by atoms with Crippen molar-refractivity contribution in [1.82, 2.24) is 9.97 Å². The topological polar surface area (TPSA) is 86.9 Å². The van der Waals surface area contributed by atoms with E-state index in [1.165, 1.54) is 36.6 Å². The van der Waals surface area contributed by atoms with E-state index in [0.717, 1.165) is 58.9 Å². The zero-order valence-electron chi connectivity index (χ0n) is 19.4. The zero-order valence-corrected chi connectivity index (χ0v) is 20.2. The molecule has 1 aromatic heterocycles. The average Bonchev–Trinajstić information content (AvgIpc) is 3.19. The van der Waals surface area contributed by atoms with E-state index in [0.29, 0.717) is 5.69 Å². The average molecular weight is 475 g/mol. The minimum absolute atomic E-state index is 0.105. The van der Waals surface area contributed by atoms with Crippen molar-refractivity contribution in [2.75, 3.05) is 16.4 Å². The van der Waals surface area contributed by atoms with Gasteiger partial charge in [-0.1, -0.05) is 23.9 Å². The second-order valence-electron chi connectivity index (χ2n) is 10.6. The van der Waals surface area contributed by atoms with Crippen LogP contribution in [-0.4, -0.2) is 27.5 Å². The summed E-state index contributed by atoms with van der Waals surface area (Å²) in [6.07, 6.45) is 7.08. The van der Waals surface area contributed by atoms with Crippen molar-refractivity contribution in [2.45, 2.75) is 50.6 Å². The Morgan fingerprint density at radius 1 is 1.00 bits per heavy atom. The molecule has 0 aliphatic heterocycles. The molecule has 176 valence electrons. The number of aromatic nitrogens is 2. The number of fused-ring (bicyclic) bond motifs is 1. The van der Waals surface area contributed by atoms with Crippen LogP contribution in [0.3, 0.4) is 0 Å². The number of carbonyl (C=O) groups excluding carboxylic acids is 2. The molecule has 4 saturated carbocycles. The number of H-pyrrole nitrogens is 1. The first kappa shape index (κ1) is 21.7. The molecule has 0 saturated heterocycles. The number of hydrogen-bond donors (Lipinski definition) is 3. The molecule has 0 unspecified atom stereocenters. The van der Waals surface area contributed by atoms with Gasteiger partial charge in [0.15, 0.2) is 5.16 Å². The van der Waals surface area contributed by atoms with Crippen LogP contribution in [-0.2, 0) is 9.59 Å². The number of imidazole rings is 1. The standard InChI is InChI=1S/C27H30N4O2S/c1-16-5-6-22-23(7-16)31-26(30-22)34-15-24(32)28-20-3-2-4-21(11-20)29-25(33)27-12-17-8-18(13-27)10-19(9-17)14-27/h2-7,11,17-19H,8-10,12-15H2,1H3,(H,28,32)(H,29,33)(H,30,31). The predicted octanol–water partition coefficient (Wildman–Crippen LogP) is 5.76. The minimum Gasteiger partial charge on any atom is -0.333 e. The Kier molecular flexibility index (Phi) is 5.40. The number of hydrogen-bond acceptors (Lipinski definition) is 4. The van der Waals surface area contributed by atoms with Crippen molar-refractivity contribution in [2.24, 2.45) is 23.2 Å². The van der Waals surface area contributed by atoms with Gasteiger partial charge in [-0.3, -0.25) is 9.59 Å². The van der Waals surface area contributed by atoms with E-state index in [2.05, 4.69) is 26.7 Å². The Bertz CT molecular complexity index is 1230. The lowest BCUT2D eigenvalue weighted by Crippen LogP contribution is -2.51. The number of rotatable bonds is 6. The number of carbonyl (C=O) groups is 2. The van der Waals surface area contributed by atoms with Crippen molar-refractivity contribution >= 4 is 46.0 Å². The highest BCUT2D eigenvalue weighted by atomic mass is 32.2. The fraction of sp³-hybridized carbons (Fsp3) is 0.444. The minimum atomic E-state index is -0.185. The summed E-state index contributed by atoms with van der Waals surface area (Å²) < 4.78 is 0. The van der Waals surface area contributed by atoms with Crippen molar-refractivity contribution in [1.29, 1.82) is 0 Å². The molecular weight excluding hydrogens is 444 g/mol. The van der Waals surface area contributed by atoms with Gasteiger partial charge in [0.25, 0.3) is 0 Å². The maximum Gasteiger partial charge on any atom is 0.234 e. The van der Waals surface area contributed by atoms with Crippen LogP contribution in [0.25, 0.3) is 11.0 Å². The highest BCUT2D eigenvalue weighted by molar-refractivity contribution is 7.99. The van der Waals surface area contributed by atoms with E-state index in [9.17, 15) is 9.59 Å². The summed E-state index contributed by atoms with van der Waals surface area (Å²) in [5.41, 5.74) is 4.30. The van der Waals surface area contributed by atoms with E-state index < -0.39 is 0 Å². The van der Waals surface area contributed by atoms with Crippen molar-refractivity contribution in [3.8, 4) is 0 Å². The molecule has 0 atom stereocenters. The molecule has 34 heavy (non-hydrogen) atoms. The summed E-state index contributed by atoms with van der Waals surface area (Å²) >= 11 is 1.38. The van der Waals surface area contributed by atoms with Gasteiger partial charge >= 0.3 is 0 Å². The number of anilines is 2. The Balaban J connectivity index is 1.07.